The number of alkyl halides is 2. The number of nitro groups is 1. The van der Waals surface area contributed by atoms with Crippen LogP contribution in [0.3, 0.4) is 0 Å². The van der Waals surface area contributed by atoms with Crippen molar-refractivity contribution >= 4 is 11.4 Å². The summed E-state index contributed by atoms with van der Waals surface area (Å²) in [6.07, 6.45) is -3.33. The standard InChI is InChI=1S/C8H6F2N4O2/c9-8(10)6-3-4(12)7(14(15)16)5(13-6)1-2-11/h3,8H,1H2,(H2,12,13). The summed E-state index contributed by atoms with van der Waals surface area (Å²) >= 11 is 0. The summed E-state index contributed by atoms with van der Waals surface area (Å²) in [5, 5.41) is 19.0. The molecule has 1 aromatic rings. The van der Waals surface area contributed by atoms with Gasteiger partial charge in [-0.15, -0.1) is 0 Å². The number of hydrogen-bond acceptors (Lipinski definition) is 5. The smallest absolute Gasteiger partial charge is 0.314 e. The lowest BCUT2D eigenvalue weighted by Gasteiger charge is -2.05. The molecule has 0 saturated carbocycles. The SMILES string of the molecule is N#CCc1nc(C(F)F)cc(N)c1[N+](=O)[O-]. The first-order valence-electron chi connectivity index (χ1n) is 4.06. The van der Waals surface area contributed by atoms with Crippen LogP contribution in [-0.2, 0) is 6.42 Å². The number of nitrogens with zero attached hydrogens (tertiary/aromatic N) is 3. The van der Waals surface area contributed by atoms with Gasteiger partial charge in [0, 0.05) is 0 Å². The Bertz CT molecular complexity index is 470. The van der Waals surface area contributed by atoms with Gasteiger partial charge in [0.1, 0.15) is 17.1 Å². The predicted octanol–water partition coefficient (Wildman–Crippen LogP) is 1.58. The van der Waals surface area contributed by atoms with E-state index in [1.54, 1.807) is 6.07 Å². The lowest BCUT2D eigenvalue weighted by atomic mass is 10.2. The first-order valence-corrected chi connectivity index (χ1v) is 4.06. The number of nitrogens with two attached hydrogens (primary N) is 1. The molecule has 0 unspecified atom stereocenters. The molecule has 0 amide bonds. The minimum Gasteiger partial charge on any atom is -0.393 e. The Labute approximate surface area is 88.5 Å². The summed E-state index contributed by atoms with van der Waals surface area (Å²) in [7, 11) is 0. The summed E-state index contributed by atoms with van der Waals surface area (Å²) in [6, 6.07) is 2.34. The highest BCUT2D eigenvalue weighted by molar-refractivity contribution is 5.61. The Kier molecular flexibility index (Phi) is 3.30. The second kappa shape index (κ2) is 4.48. The first kappa shape index (κ1) is 11.8. The van der Waals surface area contributed by atoms with E-state index < -0.39 is 34.8 Å². The van der Waals surface area contributed by atoms with E-state index in [2.05, 4.69) is 4.98 Å². The zero-order chi connectivity index (χ0) is 12.3. The van der Waals surface area contributed by atoms with Gasteiger partial charge in [0.2, 0.25) is 0 Å². The highest BCUT2D eigenvalue weighted by Gasteiger charge is 2.23. The number of halogens is 2. The average molecular weight is 228 g/mol. The molecule has 0 saturated heterocycles. The van der Waals surface area contributed by atoms with Gasteiger partial charge in [0.15, 0.2) is 0 Å². The highest BCUT2D eigenvalue weighted by atomic mass is 19.3. The van der Waals surface area contributed by atoms with Crippen molar-refractivity contribution in [2.75, 3.05) is 5.73 Å². The quantitative estimate of drug-likeness (QED) is 0.624. The maximum atomic E-state index is 12.3. The number of rotatable bonds is 3. The van der Waals surface area contributed by atoms with E-state index in [1.807, 2.05) is 0 Å². The van der Waals surface area contributed by atoms with Crippen LogP contribution in [0.4, 0.5) is 20.2 Å². The third-order valence-corrected chi connectivity index (χ3v) is 1.77. The lowest BCUT2D eigenvalue weighted by Crippen LogP contribution is -2.06. The fourth-order valence-electron chi connectivity index (χ4n) is 1.16. The summed E-state index contributed by atoms with van der Waals surface area (Å²) in [5.74, 6) is 0. The van der Waals surface area contributed by atoms with E-state index in [4.69, 9.17) is 11.0 Å². The molecule has 0 aliphatic carbocycles. The third-order valence-electron chi connectivity index (χ3n) is 1.77. The van der Waals surface area contributed by atoms with Crippen molar-refractivity contribution in [1.29, 1.82) is 5.26 Å². The molecule has 0 aliphatic heterocycles. The fourth-order valence-corrected chi connectivity index (χ4v) is 1.16. The van der Waals surface area contributed by atoms with Crippen molar-refractivity contribution in [3.8, 4) is 6.07 Å². The number of aromatic nitrogens is 1. The summed E-state index contributed by atoms with van der Waals surface area (Å²) in [6.45, 7) is 0. The van der Waals surface area contributed by atoms with Crippen molar-refractivity contribution in [2.45, 2.75) is 12.8 Å². The Hall–Kier alpha value is -2.30. The van der Waals surface area contributed by atoms with Crippen LogP contribution in [0.1, 0.15) is 17.8 Å². The molecule has 0 atom stereocenters. The van der Waals surface area contributed by atoms with Gasteiger partial charge >= 0.3 is 5.69 Å². The zero-order valence-corrected chi connectivity index (χ0v) is 7.85. The van der Waals surface area contributed by atoms with Crippen molar-refractivity contribution in [2.24, 2.45) is 0 Å². The number of nitriles is 1. The number of nitrogen functional groups attached to an aromatic ring is 1. The molecule has 2 N–H and O–H groups in total. The van der Waals surface area contributed by atoms with Gasteiger partial charge in [-0.25, -0.2) is 13.8 Å². The van der Waals surface area contributed by atoms with Crippen LogP contribution in [-0.4, -0.2) is 9.91 Å². The van der Waals surface area contributed by atoms with Crippen LogP contribution >= 0.6 is 0 Å². The van der Waals surface area contributed by atoms with Crippen LogP contribution in [0, 0.1) is 21.4 Å². The van der Waals surface area contributed by atoms with Crippen molar-refractivity contribution < 1.29 is 13.7 Å². The van der Waals surface area contributed by atoms with E-state index in [-0.39, 0.29) is 5.69 Å². The maximum Gasteiger partial charge on any atom is 0.314 e. The van der Waals surface area contributed by atoms with E-state index in [0.29, 0.717) is 0 Å². The molecular formula is C8H6F2N4O2. The molecule has 1 rings (SSSR count). The van der Waals surface area contributed by atoms with Gasteiger partial charge in [0.05, 0.1) is 17.4 Å². The van der Waals surface area contributed by atoms with Crippen LogP contribution in [0.5, 0.6) is 0 Å². The van der Waals surface area contributed by atoms with Gasteiger partial charge in [-0.3, -0.25) is 10.1 Å². The Morgan fingerprint density at radius 1 is 1.69 bits per heavy atom. The normalized spacial score (nSPS) is 10.1. The molecule has 16 heavy (non-hydrogen) atoms. The number of pyridine rings is 1. The summed E-state index contributed by atoms with van der Waals surface area (Å²) in [4.78, 5) is 13.1. The van der Waals surface area contributed by atoms with Crippen LogP contribution in [0.15, 0.2) is 6.07 Å². The summed E-state index contributed by atoms with van der Waals surface area (Å²) in [5.41, 5.74) is 3.24. The molecule has 8 heteroatoms. The Morgan fingerprint density at radius 2 is 2.31 bits per heavy atom. The molecule has 84 valence electrons. The maximum absolute atomic E-state index is 12.3. The number of anilines is 1. The van der Waals surface area contributed by atoms with Gasteiger partial charge in [-0.1, -0.05) is 0 Å². The molecule has 0 aromatic carbocycles. The van der Waals surface area contributed by atoms with Gasteiger partial charge in [0.25, 0.3) is 6.43 Å². The first-order chi connectivity index (χ1) is 7.47. The van der Waals surface area contributed by atoms with Crippen LogP contribution in [0.2, 0.25) is 0 Å². The molecule has 1 heterocycles. The zero-order valence-electron chi connectivity index (χ0n) is 7.85. The van der Waals surface area contributed by atoms with E-state index >= 15 is 0 Å². The second-order valence-corrected chi connectivity index (χ2v) is 2.82. The van der Waals surface area contributed by atoms with Gasteiger partial charge < -0.3 is 5.73 Å². The lowest BCUT2D eigenvalue weighted by molar-refractivity contribution is -0.384. The van der Waals surface area contributed by atoms with Crippen molar-refractivity contribution in [3.63, 3.8) is 0 Å². The van der Waals surface area contributed by atoms with Crippen molar-refractivity contribution in [1.82, 2.24) is 4.98 Å². The second-order valence-electron chi connectivity index (χ2n) is 2.82. The molecule has 1 aromatic heterocycles. The van der Waals surface area contributed by atoms with Gasteiger partial charge in [-0.05, 0) is 6.07 Å². The molecule has 0 fully saturated rings. The third kappa shape index (κ3) is 2.20. The minimum atomic E-state index is -2.89. The minimum absolute atomic E-state index is 0.345. The van der Waals surface area contributed by atoms with Gasteiger partial charge in [-0.2, -0.15) is 5.26 Å². The van der Waals surface area contributed by atoms with E-state index in [0.717, 1.165) is 6.07 Å². The van der Waals surface area contributed by atoms with E-state index in [9.17, 15) is 18.9 Å². The molecule has 0 aliphatic rings. The van der Waals surface area contributed by atoms with E-state index in [1.165, 1.54) is 0 Å². The monoisotopic (exact) mass is 228 g/mol. The van der Waals surface area contributed by atoms with Crippen LogP contribution < -0.4 is 5.73 Å². The average Bonchev–Trinajstić information content (AvgIpc) is 2.16. The highest BCUT2D eigenvalue weighted by Crippen LogP contribution is 2.29. The molecule has 0 bridgehead atoms. The molecule has 0 radical (unpaired) electrons. The van der Waals surface area contributed by atoms with Crippen LogP contribution in [0.25, 0.3) is 0 Å². The Balaban J connectivity index is 3.40. The summed E-state index contributed by atoms with van der Waals surface area (Å²) < 4.78 is 24.7. The largest absolute Gasteiger partial charge is 0.393 e. The van der Waals surface area contributed by atoms with Crippen molar-refractivity contribution in [3.05, 3.63) is 27.6 Å². The number of hydrogen-bond donors (Lipinski definition) is 1. The molecule has 6 nitrogen and oxygen atoms in total. The molecular weight excluding hydrogens is 222 g/mol. The predicted molar refractivity (Wildman–Crippen MR) is 49.6 cm³/mol. The Morgan fingerprint density at radius 3 is 2.75 bits per heavy atom. The fraction of sp³-hybridized carbons (Fsp3) is 0.250. The molecule has 0 spiro atoms. The topological polar surface area (TPSA) is 106 Å².